The van der Waals surface area contributed by atoms with Gasteiger partial charge in [0.05, 0.1) is 23.3 Å². The number of aromatic nitrogens is 1. The summed E-state index contributed by atoms with van der Waals surface area (Å²) in [5, 5.41) is 18.3. The minimum atomic E-state index is -0.464. The zero-order valence-electron chi connectivity index (χ0n) is 12.3. The van der Waals surface area contributed by atoms with Gasteiger partial charge < -0.3 is 14.2 Å². The molecule has 23 heavy (non-hydrogen) atoms. The Morgan fingerprint density at radius 2 is 2.00 bits per heavy atom. The van der Waals surface area contributed by atoms with E-state index in [0.29, 0.717) is 16.7 Å². The van der Waals surface area contributed by atoms with Crippen molar-refractivity contribution in [1.82, 2.24) is 4.40 Å². The van der Waals surface area contributed by atoms with Crippen LogP contribution in [-0.4, -0.2) is 15.5 Å². The number of carbonyl (C=O) groups is 1. The SMILES string of the molecule is N#Cc1c(COC(=O)c2ccc(CO)cc2)cn2ccccc12. The molecule has 0 amide bonds. The molecule has 1 N–H and O–H groups in total. The fraction of sp³-hybridized carbons (Fsp3) is 0.111. The molecule has 0 radical (unpaired) electrons. The quantitative estimate of drug-likeness (QED) is 0.752. The highest BCUT2D eigenvalue weighted by Gasteiger charge is 2.13. The first-order chi connectivity index (χ1) is 11.2. The number of nitrogens with zero attached hydrogens (tertiary/aromatic N) is 2. The maximum Gasteiger partial charge on any atom is 0.338 e. The molecule has 0 bridgehead atoms. The lowest BCUT2D eigenvalue weighted by Crippen LogP contribution is -2.05. The summed E-state index contributed by atoms with van der Waals surface area (Å²) in [6.45, 7) is -0.0384. The zero-order valence-corrected chi connectivity index (χ0v) is 12.3. The van der Waals surface area contributed by atoms with Crippen LogP contribution >= 0.6 is 0 Å². The average molecular weight is 306 g/mol. The number of aliphatic hydroxyl groups is 1. The lowest BCUT2D eigenvalue weighted by atomic mass is 10.1. The third-order valence-electron chi connectivity index (χ3n) is 3.61. The highest BCUT2D eigenvalue weighted by molar-refractivity contribution is 5.89. The zero-order chi connectivity index (χ0) is 16.2. The minimum absolute atomic E-state index is 0.0329. The van der Waals surface area contributed by atoms with E-state index in [1.165, 1.54) is 0 Å². The van der Waals surface area contributed by atoms with Gasteiger partial charge >= 0.3 is 5.97 Å². The third kappa shape index (κ3) is 2.93. The molecular weight excluding hydrogens is 292 g/mol. The molecule has 114 valence electrons. The largest absolute Gasteiger partial charge is 0.457 e. The maximum atomic E-state index is 12.1. The van der Waals surface area contributed by atoms with E-state index < -0.39 is 5.97 Å². The molecule has 0 saturated heterocycles. The van der Waals surface area contributed by atoms with Crippen LogP contribution in [0.5, 0.6) is 0 Å². The van der Waals surface area contributed by atoms with E-state index in [4.69, 9.17) is 9.84 Å². The van der Waals surface area contributed by atoms with Crippen LogP contribution in [0, 0.1) is 11.3 Å². The van der Waals surface area contributed by atoms with Gasteiger partial charge in [-0.3, -0.25) is 0 Å². The van der Waals surface area contributed by atoms with Crippen LogP contribution < -0.4 is 0 Å². The van der Waals surface area contributed by atoms with E-state index in [1.807, 2.05) is 28.8 Å². The topological polar surface area (TPSA) is 74.7 Å². The van der Waals surface area contributed by atoms with E-state index in [1.54, 1.807) is 30.5 Å². The molecule has 5 heteroatoms. The van der Waals surface area contributed by atoms with Gasteiger partial charge in [-0.25, -0.2) is 4.79 Å². The molecule has 0 aliphatic carbocycles. The Bertz CT molecular complexity index is 889. The summed E-state index contributed by atoms with van der Waals surface area (Å²) in [5.74, 6) is -0.464. The molecular formula is C18H14N2O3. The van der Waals surface area contributed by atoms with Crippen molar-refractivity contribution in [2.75, 3.05) is 0 Å². The summed E-state index contributed by atoms with van der Waals surface area (Å²) in [4.78, 5) is 12.1. The second kappa shape index (κ2) is 6.34. The van der Waals surface area contributed by atoms with Gasteiger partial charge in [-0.05, 0) is 29.8 Å². The second-order valence-electron chi connectivity index (χ2n) is 5.07. The number of rotatable bonds is 4. The first kappa shape index (κ1) is 14.8. The van der Waals surface area contributed by atoms with Crippen molar-refractivity contribution in [2.45, 2.75) is 13.2 Å². The van der Waals surface area contributed by atoms with Crippen LogP contribution in [0.2, 0.25) is 0 Å². The monoisotopic (exact) mass is 306 g/mol. The Labute approximate surface area is 133 Å². The van der Waals surface area contributed by atoms with Crippen LogP contribution in [0.25, 0.3) is 5.52 Å². The number of benzene rings is 1. The standard InChI is InChI=1S/C18H14N2O3/c19-9-16-15(10-20-8-2-1-3-17(16)20)12-23-18(22)14-6-4-13(11-21)5-7-14/h1-8,10,21H,11-12H2. The molecule has 0 saturated carbocycles. The summed E-state index contributed by atoms with van der Waals surface area (Å²) < 4.78 is 7.12. The molecule has 0 aliphatic rings. The van der Waals surface area contributed by atoms with Crippen LogP contribution in [-0.2, 0) is 18.0 Å². The Hall–Kier alpha value is -3.10. The lowest BCUT2D eigenvalue weighted by Gasteiger charge is -2.04. The molecule has 0 atom stereocenters. The number of carbonyl (C=O) groups excluding carboxylic acids is 1. The summed E-state index contributed by atoms with van der Waals surface area (Å²) in [6, 6.07) is 14.3. The summed E-state index contributed by atoms with van der Waals surface area (Å²) in [5.41, 5.74) is 3.10. The van der Waals surface area contributed by atoms with Gasteiger partial charge in [-0.15, -0.1) is 0 Å². The second-order valence-corrected chi connectivity index (χ2v) is 5.07. The highest BCUT2D eigenvalue weighted by atomic mass is 16.5. The molecule has 3 aromatic rings. The van der Waals surface area contributed by atoms with Gasteiger partial charge in [-0.2, -0.15) is 5.26 Å². The number of aliphatic hydroxyl groups excluding tert-OH is 1. The Morgan fingerprint density at radius 1 is 1.22 bits per heavy atom. The molecule has 2 heterocycles. The first-order valence-corrected chi connectivity index (χ1v) is 7.08. The van der Waals surface area contributed by atoms with Crippen molar-refractivity contribution in [2.24, 2.45) is 0 Å². The van der Waals surface area contributed by atoms with Crippen molar-refractivity contribution >= 4 is 11.5 Å². The Kier molecular flexibility index (Phi) is 4.09. The average Bonchev–Trinajstić information content (AvgIpc) is 2.97. The van der Waals surface area contributed by atoms with Crippen molar-refractivity contribution in [3.8, 4) is 6.07 Å². The normalized spacial score (nSPS) is 10.4. The lowest BCUT2D eigenvalue weighted by molar-refractivity contribution is 0.0472. The molecule has 5 nitrogen and oxygen atoms in total. The van der Waals surface area contributed by atoms with Gasteiger partial charge in [0.2, 0.25) is 0 Å². The molecule has 0 spiro atoms. The number of hydrogen-bond acceptors (Lipinski definition) is 4. The van der Waals surface area contributed by atoms with Crippen molar-refractivity contribution in [3.63, 3.8) is 0 Å². The minimum Gasteiger partial charge on any atom is -0.457 e. The smallest absolute Gasteiger partial charge is 0.338 e. The van der Waals surface area contributed by atoms with Crippen LogP contribution in [0.1, 0.15) is 27.0 Å². The molecule has 2 aromatic heterocycles. The van der Waals surface area contributed by atoms with E-state index in [9.17, 15) is 10.1 Å². The highest BCUT2D eigenvalue weighted by Crippen LogP contribution is 2.19. The molecule has 0 fully saturated rings. The van der Waals surface area contributed by atoms with Gasteiger partial charge in [0.1, 0.15) is 12.7 Å². The molecule has 0 unspecified atom stereocenters. The van der Waals surface area contributed by atoms with Gasteiger partial charge in [-0.1, -0.05) is 18.2 Å². The van der Waals surface area contributed by atoms with E-state index in [0.717, 1.165) is 11.1 Å². The maximum absolute atomic E-state index is 12.1. The van der Waals surface area contributed by atoms with Gasteiger partial charge in [0.15, 0.2) is 0 Å². The fourth-order valence-corrected chi connectivity index (χ4v) is 2.39. The Morgan fingerprint density at radius 3 is 2.70 bits per heavy atom. The number of pyridine rings is 1. The van der Waals surface area contributed by atoms with E-state index in [-0.39, 0.29) is 13.2 Å². The van der Waals surface area contributed by atoms with Crippen molar-refractivity contribution in [1.29, 1.82) is 5.26 Å². The van der Waals surface area contributed by atoms with Crippen molar-refractivity contribution < 1.29 is 14.6 Å². The summed E-state index contributed by atoms with van der Waals surface area (Å²) in [6.07, 6.45) is 3.63. The predicted octanol–water partition coefficient (Wildman–Crippen LogP) is 2.66. The molecule has 3 rings (SSSR count). The summed E-state index contributed by atoms with van der Waals surface area (Å²) in [7, 11) is 0. The van der Waals surface area contributed by atoms with E-state index in [2.05, 4.69) is 6.07 Å². The fourth-order valence-electron chi connectivity index (χ4n) is 2.39. The van der Waals surface area contributed by atoms with Gasteiger partial charge in [0.25, 0.3) is 0 Å². The number of ether oxygens (including phenoxy) is 1. The molecule has 1 aromatic carbocycles. The number of esters is 1. The van der Waals surface area contributed by atoms with Crippen LogP contribution in [0.3, 0.4) is 0 Å². The van der Waals surface area contributed by atoms with Crippen LogP contribution in [0.4, 0.5) is 0 Å². The first-order valence-electron chi connectivity index (χ1n) is 7.08. The number of nitriles is 1. The third-order valence-corrected chi connectivity index (χ3v) is 3.61. The Balaban J connectivity index is 1.77. The number of hydrogen-bond donors (Lipinski definition) is 1. The predicted molar refractivity (Wildman–Crippen MR) is 83.6 cm³/mol. The number of fused-ring (bicyclic) bond motifs is 1. The summed E-state index contributed by atoms with van der Waals surface area (Å²) >= 11 is 0. The molecule has 0 aliphatic heterocycles. The van der Waals surface area contributed by atoms with E-state index >= 15 is 0 Å². The van der Waals surface area contributed by atoms with Crippen molar-refractivity contribution in [3.05, 3.63) is 77.1 Å². The van der Waals surface area contributed by atoms with Gasteiger partial charge in [0, 0.05) is 18.0 Å². The van der Waals surface area contributed by atoms with Crippen LogP contribution in [0.15, 0.2) is 54.9 Å².